The van der Waals surface area contributed by atoms with E-state index in [4.69, 9.17) is 9.47 Å². The van der Waals surface area contributed by atoms with Crippen molar-refractivity contribution in [3.05, 3.63) is 65.7 Å². The van der Waals surface area contributed by atoms with Crippen molar-refractivity contribution in [2.24, 2.45) is 0 Å². The number of halogens is 4. The summed E-state index contributed by atoms with van der Waals surface area (Å²) < 4.78 is 12.9. The number of ether oxygens (including phenoxy) is 2. The zero-order chi connectivity index (χ0) is 28.1. The highest BCUT2D eigenvalue weighted by Gasteiger charge is 2.13. The second-order valence-electron chi connectivity index (χ2n) is 8.13. The van der Waals surface area contributed by atoms with Crippen LogP contribution in [0.15, 0.2) is 54.3 Å². The molecule has 14 heteroatoms. The van der Waals surface area contributed by atoms with Gasteiger partial charge in [-0.3, -0.25) is 0 Å². The molecule has 0 saturated heterocycles. The number of phenolic OH excluding ortho intramolecular Hbond substituents is 2. The molecule has 204 valence electrons. The Hall–Kier alpha value is -2.68. The van der Waals surface area contributed by atoms with Crippen LogP contribution in [0.3, 0.4) is 0 Å². The van der Waals surface area contributed by atoms with Gasteiger partial charge in [-0.15, -0.1) is 0 Å². The number of benzene rings is 2. The number of hydrogen-bond donors (Lipinski definition) is 4. The lowest BCUT2D eigenvalue weighted by Gasteiger charge is -2.10. The molecule has 2 aromatic heterocycles. The predicted octanol–water partition coefficient (Wildman–Crippen LogP) is 6.79. The molecule has 0 radical (unpaired) electrons. The third-order valence-electron chi connectivity index (χ3n) is 5.42. The van der Waals surface area contributed by atoms with Crippen molar-refractivity contribution in [2.45, 2.75) is 19.6 Å². The van der Waals surface area contributed by atoms with E-state index < -0.39 is 12.2 Å². The molecule has 4 rings (SSSR count). The number of pyridine rings is 2. The Labute approximate surface area is 256 Å². The van der Waals surface area contributed by atoms with Crippen LogP contribution in [0.1, 0.15) is 17.8 Å². The second-order valence-corrected chi connectivity index (χ2v) is 11.6. The summed E-state index contributed by atoms with van der Waals surface area (Å²) in [5, 5.41) is 27.1. The smallest absolute Gasteiger partial charge is 0.407 e. The van der Waals surface area contributed by atoms with E-state index in [1.165, 1.54) is 0 Å². The van der Waals surface area contributed by atoms with E-state index in [1.54, 1.807) is 36.4 Å². The van der Waals surface area contributed by atoms with Crippen molar-refractivity contribution in [1.82, 2.24) is 20.6 Å². The van der Waals surface area contributed by atoms with Gasteiger partial charge < -0.3 is 30.3 Å². The first kappa shape index (κ1) is 29.3. The van der Waals surface area contributed by atoms with Crippen LogP contribution in [0.2, 0.25) is 0 Å². The summed E-state index contributed by atoms with van der Waals surface area (Å²) in [5.41, 5.74) is 1.70. The molecule has 0 aliphatic rings. The van der Waals surface area contributed by atoms with Gasteiger partial charge in [-0.1, -0.05) is 31.9 Å². The molecule has 2 aromatic carbocycles. The van der Waals surface area contributed by atoms with Crippen LogP contribution in [0.25, 0.3) is 21.8 Å². The quantitative estimate of drug-likeness (QED) is 0.143. The van der Waals surface area contributed by atoms with Crippen LogP contribution in [0, 0.1) is 0 Å². The Morgan fingerprint density at radius 3 is 1.51 bits per heavy atom. The standard InChI is InChI=1S/C25H20Br4N4O6/c26-16-8-18(28)22(34)20-14(16)4-2-12(32-20)10-38-24(36)30-6-1-7-31-25(37)39-11-13-3-5-15-17(27)9-19(29)23(35)21(15)33-13/h2-5,8-9,34-35H,1,6-7,10-11H2,(H,30,36)(H,31,37). The normalized spacial score (nSPS) is 11.0. The molecule has 0 fully saturated rings. The van der Waals surface area contributed by atoms with Gasteiger partial charge in [0.05, 0.1) is 20.3 Å². The van der Waals surface area contributed by atoms with Crippen LogP contribution < -0.4 is 10.6 Å². The number of alkyl carbamates (subject to hydrolysis) is 2. The number of phenols is 2. The Bertz CT molecular complexity index is 1450. The highest BCUT2D eigenvalue weighted by molar-refractivity contribution is 9.11. The molecule has 4 N–H and O–H groups in total. The summed E-state index contributed by atoms with van der Waals surface area (Å²) in [4.78, 5) is 32.7. The lowest BCUT2D eigenvalue weighted by molar-refractivity contribution is 0.137. The lowest BCUT2D eigenvalue weighted by Crippen LogP contribution is -2.30. The number of carbonyl (C=O) groups is 2. The summed E-state index contributed by atoms with van der Waals surface area (Å²) >= 11 is 13.4. The molecular weight excluding hydrogens is 772 g/mol. The number of nitrogens with one attached hydrogen (secondary N) is 2. The minimum atomic E-state index is -0.636. The number of aromatic hydroxyl groups is 2. The summed E-state index contributed by atoms with van der Waals surface area (Å²) in [6.07, 6.45) is -0.829. The Kier molecular flexibility index (Phi) is 9.86. The van der Waals surface area contributed by atoms with Crippen LogP contribution in [-0.2, 0) is 22.7 Å². The minimum absolute atomic E-state index is 0.000143. The van der Waals surface area contributed by atoms with Crippen LogP contribution >= 0.6 is 63.7 Å². The van der Waals surface area contributed by atoms with Crippen molar-refractivity contribution in [3.63, 3.8) is 0 Å². The molecule has 2 amide bonds. The third-order valence-corrected chi connectivity index (χ3v) is 7.94. The summed E-state index contributed by atoms with van der Waals surface area (Å²) in [7, 11) is 0. The van der Waals surface area contributed by atoms with Crippen molar-refractivity contribution in [2.75, 3.05) is 13.1 Å². The van der Waals surface area contributed by atoms with E-state index in [0.717, 1.165) is 19.7 Å². The van der Waals surface area contributed by atoms with Gasteiger partial charge in [0.15, 0.2) is 11.5 Å². The van der Waals surface area contributed by atoms with Gasteiger partial charge in [-0.25, -0.2) is 19.6 Å². The first-order valence-corrected chi connectivity index (χ1v) is 14.6. The maximum Gasteiger partial charge on any atom is 0.407 e. The molecule has 0 aliphatic heterocycles. The number of hydrogen-bond acceptors (Lipinski definition) is 8. The third kappa shape index (κ3) is 7.29. The number of aromatic nitrogens is 2. The molecular formula is C25H20Br4N4O6. The highest BCUT2D eigenvalue weighted by Crippen LogP contribution is 2.37. The van der Waals surface area contributed by atoms with Gasteiger partial charge in [0, 0.05) is 32.8 Å². The SMILES string of the molecule is O=C(NCCCNC(=O)OCc1ccc2c(Br)cc(Br)c(O)c2n1)OCc1ccc2c(Br)cc(Br)c(O)c2n1. The summed E-state index contributed by atoms with van der Waals surface area (Å²) in [5.74, 6) is -0.000286. The van der Waals surface area contributed by atoms with Crippen LogP contribution in [0.5, 0.6) is 11.5 Å². The maximum atomic E-state index is 12.0. The van der Waals surface area contributed by atoms with E-state index in [9.17, 15) is 19.8 Å². The molecule has 4 aromatic rings. The van der Waals surface area contributed by atoms with Crippen molar-refractivity contribution < 1.29 is 29.3 Å². The van der Waals surface area contributed by atoms with Gasteiger partial charge in [0.1, 0.15) is 24.2 Å². The minimum Gasteiger partial charge on any atom is -0.505 e. The molecule has 0 unspecified atom stereocenters. The van der Waals surface area contributed by atoms with Gasteiger partial charge in [0.25, 0.3) is 0 Å². The molecule has 0 aliphatic carbocycles. The maximum absolute atomic E-state index is 12.0. The molecule has 0 spiro atoms. The predicted molar refractivity (Wildman–Crippen MR) is 159 cm³/mol. The Balaban J connectivity index is 1.16. The lowest BCUT2D eigenvalue weighted by atomic mass is 10.2. The Morgan fingerprint density at radius 1 is 0.692 bits per heavy atom. The largest absolute Gasteiger partial charge is 0.505 e. The molecule has 0 atom stereocenters. The number of rotatable bonds is 8. The van der Waals surface area contributed by atoms with Gasteiger partial charge in [-0.2, -0.15) is 0 Å². The molecule has 39 heavy (non-hydrogen) atoms. The Morgan fingerprint density at radius 2 is 1.10 bits per heavy atom. The van der Waals surface area contributed by atoms with E-state index in [0.29, 0.717) is 37.8 Å². The fourth-order valence-corrected chi connectivity index (χ4v) is 6.04. The first-order chi connectivity index (χ1) is 18.6. The number of nitrogens with zero attached hydrogens (tertiary/aromatic N) is 2. The summed E-state index contributed by atoms with van der Waals surface area (Å²) in [6.45, 7) is 0.370. The van der Waals surface area contributed by atoms with Crippen LogP contribution in [0.4, 0.5) is 9.59 Å². The van der Waals surface area contributed by atoms with Crippen molar-refractivity contribution >= 4 is 97.7 Å². The van der Waals surface area contributed by atoms with E-state index in [2.05, 4.69) is 84.3 Å². The monoisotopic (exact) mass is 788 g/mol. The summed E-state index contributed by atoms with van der Waals surface area (Å²) in [6, 6.07) is 10.4. The van der Waals surface area contributed by atoms with Gasteiger partial charge in [0.2, 0.25) is 0 Å². The highest BCUT2D eigenvalue weighted by atomic mass is 79.9. The second kappa shape index (κ2) is 13.1. The van der Waals surface area contributed by atoms with Crippen molar-refractivity contribution in [3.8, 4) is 11.5 Å². The number of fused-ring (bicyclic) bond motifs is 2. The molecule has 0 bridgehead atoms. The van der Waals surface area contributed by atoms with E-state index >= 15 is 0 Å². The van der Waals surface area contributed by atoms with Gasteiger partial charge >= 0.3 is 12.2 Å². The fourth-order valence-electron chi connectivity index (χ4n) is 3.50. The van der Waals surface area contributed by atoms with E-state index in [1.807, 2.05) is 0 Å². The van der Waals surface area contributed by atoms with E-state index in [-0.39, 0.29) is 37.8 Å². The zero-order valence-electron chi connectivity index (χ0n) is 19.9. The topological polar surface area (TPSA) is 143 Å². The zero-order valence-corrected chi connectivity index (χ0v) is 26.3. The molecule has 10 nitrogen and oxygen atoms in total. The molecule has 2 heterocycles. The molecule has 0 saturated carbocycles. The number of carbonyl (C=O) groups excluding carboxylic acids is 2. The van der Waals surface area contributed by atoms with Gasteiger partial charge in [-0.05, 0) is 74.7 Å². The average molecular weight is 792 g/mol. The number of amides is 2. The van der Waals surface area contributed by atoms with Crippen molar-refractivity contribution in [1.29, 1.82) is 0 Å². The first-order valence-electron chi connectivity index (χ1n) is 11.4. The van der Waals surface area contributed by atoms with Crippen LogP contribution in [-0.4, -0.2) is 45.5 Å². The fraction of sp³-hybridized carbons (Fsp3) is 0.200. The average Bonchev–Trinajstić information content (AvgIpc) is 2.92.